The first-order chi connectivity index (χ1) is 10.1. The van der Waals surface area contributed by atoms with Crippen LogP contribution in [0.2, 0.25) is 0 Å². The first kappa shape index (κ1) is 14.1. The Hall–Kier alpha value is -1.89. The Morgan fingerprint density at radius 1 is 1.43 bits per heavy atom. The van der Waals surface area contributed by atoms with Crippen molar-refractivity contribution < 1.29 is 4.79 Å². The molecule has 0 radical (unpaired) electrons. The van der Waals surface area contributed by atoms with Crippen molar-refractivity contribution in [3.05, 3.63) is 10.9 Å². The van der Waals surface area contributed by atoms with Crippen LogP contribution >= 0.6 is 11.3 Å². The van der Waals surface area contributed by atoms with Crippen LogP contribution in [0.3, 0.4) is 0 Å². The number of anilines is 2. The molecule has 2 N–H and O–H groups in total. The zero-order chi connectivity index (χ0) is 15.0. The van der Waals surface area contributed by atoms with Gasteiger partial charge in [0.05, 0.1) is 5.39 Å². The molecule has 1 fully saturated rings. The zero-order valence-electron chi connectivity index (χ0n) is 12.4. The quantitative estimate of drug-likeness (QED) is 0.908. The minimum atomic E-state index is 0.211. The number of likely N-dealkylation sites (N-methyl/N-ethyl adjacent to an activating group) is 1. The Kier molecular flexibility index (Phi) is 3.67. The second kappa shape index (κ2) is 5.48. The van der Waals surface area contributed by atoms with Gasteiger partial charge in [-0.05, 0) is 19.4 Å². The Morgan fingerprint density at radius 3 is 2.95 bits per heavy atom. The maximum absolute atomic E-state index is 11.6. The molecule has 1 aliphatic rings. The highest BCUT2D eigenvalue weighted by molar-refractivity contribution is 7.18. The molecule has 0 saturated carbocycles. The number of aromatic nitrogens is 2. The van der Waals surface area contributed by atoms with Gasteiger partial charge in [-0.25, -0.2) is 4.98 Å². The van der Waals surface area contributed by atoms with E-state index in [1.54, 1.807) is 16.2 Å². The fraction of sp³-hybridized carbons (Fsp3) is 0.500. The molecule has 7 heteroatoms. The van der Waals surface area contributed by atoms with E-state index in [2.05, 4.69) is 33.6 Å². The summed E-state index contributed by atoms with van der Waals surface area (Å²) in [6.45, 7) is 2.78. The van der Waals surface area contributed by atoms with Crippen molar-refractivity contribution in [3.63, 3.8) is 0 Å². The predicted octanol–water partition coefficient (Wildman–Crippen LogP) is 2.07. The summed E-state index contributed by atoms with van der Waals surface area (Å²) >= 11 is 1.66. The van der Waals surface area contributed by atoms with Crippen LogP contribution in [-0.4, -0.2) is 47.5 Å². The van der Waals surface area contributed by atoms with E-state index in [1.807, 2.05) is 14.1 Å². The number of thiophene rings is 1. The van der Waals surface area contributed by atoms with Gasteiger partial charge < -0.3 is 15.5 Å². The van der Waals surface area contributed by atoms with Gasteiger partial charge in [-0.15, -0.1) is 11.3 Å². The topological polar surface area (TPSA) is 70.2 Å². The minimum absolute atomic E-state index is 0.211. The lowest BCUT2D eigenvalue weighted by Crippen LogP contribution is -2.43. The molecule has 0 bridgehead atoms. The molecule has 112 valence electrons. The number of hydrogen-bond acceptors (Lipinski definition) is 6. The molecule has 0 aromatic carbocycles. The Balaban J connectivity index is 1.90. The smallest absolute Gasteiger partial charge is 0.225 e. The summed E-state index contributed by atoms with van der Waals surface area (Å²) in [5.41, 5.74) is 0. The lowest BCUT2D eigenvalue weighted by Gasteiger charge is -2.30. The van der Waals surface area contributed by atoms with Crippen LogP contribution in [0, 0.1) is 6.92 Å². The fourth-order valence-corrected chi connectivity index (χ4v) is 3.47. The Morgan fingerprint density at radius 2 is 2.24 bits per heavy atom. The Bertz CT molecular complexity index is 683. The van der Waals surface area contributed by atoms with Crippen LogP contribution < -0.4 is 10.6 Å². The molecular formula is C14H19N5OS. The molecule has 1 unspecified atom stereocenters. The number of nitrogens with one attached hydrogen (secondary N) is 2. The summed E-state index contributed by atoms with van der Waals surface area (Å²) in [7, 11) is 3.66. The number of aryl methyl sites for hydroxylation is 1. The van der Waals surface area contributed by atoms with Gasteiger partial charge in [0.2, 0.25) is 11.9 Å². The number of fused-ring (bicyclic) bond motifs is 1. The molecule has 0 spiro atoms. The molecule has 1 amide bonds. The number of rotatable bonds is 3. The van der Waals surface area contributed by atoms with Gasteiger partial charge in [-0.2, -0.15) is 4.98 Å². The highest BCUT2D eigenvalue weighted by Crippen LogP contribution is 2.30. The third-order valence-corrected chi connectivity index (χ3v) is 4.65. The minimum Gasteiger partial charge on any atom is -0.365 e. The van der Waals surface area contributed by atoms with Gasteiger partial charge in [0.15, 0.2) is 0 Å². The van der Waals surface area contributed by atoms with Gasteiger partial charge in [0, 0.05) is 38.0 Å². The van der Waals surface area contributed by atoms with Crippen molar-refractivity contribution in [3.8, 4) is 0 Å². The highest BCUT2D eigenvalue weighted by Gasteiger charge is 2.24. The van der Waals surface area contributed by atoms with E-state index in [0.29, 0.717) is 18.9 Å². The van der Waals surface area contributed by atoms with E-state index in [0.717, 1.165) is 22.5 Å². The van der Waals surface area contributed by atoms with E-state index in [-0.39, 0.29) is 11.9 Å². The van der Waals surface area contributed by atoms with Gasteiger partial charge in [0.1, 0.15) is 10.6 Å². The van der Waals surface area contributed by atoms with Crippen LogP contribution in [0.4, 0.5) is 11.8 Å². The summed E-state index contributed by atoms with van der Waals surface area (Å²) in [4.78, 5) is 24.6. The first-order valence-corrected chi connectivity index (χ1v) is 7.85. The first-order valence-electron chi connectivity index (χ1n) is 7.03. The average Bonchev–Trinajstić information content (AvgIpc) is 2.83. The van der Waals surface area contributed by atoms with E-state index in [4.69, 9.17) is 0 Å². The normalized spacial score (nSPS) is 19.1. The summed E-state index contributed by atoms with van der Waals surface area (Å²) < 4.78 is 0. The number of piperidine rings is 1. The summed E-state index contributed by atoms with van der Waals surface area (Å²) in [6, 6.07) is 2.34. The SMILES string of the molecule is CNc1nc(NC2CCC(=O)N(C)C2)c2cc(C)sc2n1. The molecular weight excluding hydrogens is 286 g/mol. The molecule has 6 nitrogen and oxygen atoms in total. The monoisotopic (exact) mass is 305 g/mol. The van der Waals surface area contributed by atoms with Gasteiger partial charge in [0.25, 0.3) is 0 Å². The third kappa shape index (κ3) is 2.78. The second-order valence-electron chi connectivity index (χ2n) is 5.38. The summed E-state index contributed by atoms with van der Waals surface area (Å²) in [6.07, 6.45) is 1.43. The standard InChI is InChI=1S/C14H19N5OS/c1-8-6-10-12(17-14(15-2)18-13(10)21-8)16-9-4-5-11(20)19(3)7-9/h6,9H,4-5,7H2,1-3H3,(H2,15,16,17,18). The summed E-state index contributed by atoms with van der Waals surface area (Å²) in [5.74, 6) is 1.68. The van der Waals surface area contributed by atoms with Crippen LogP contribution in [-0.2, 0) is 4.79 Å². The average molecular weight is 305 g/mol. The number of nitrogens with zero attached hydrogens (tertiary/aromatic N) is 3. The molecule has 1 saturated heterocycles. The number of carbonyl (C=O) groups is 1. The van der Waals surface area contributed by atoms with Crippen molar-refractivity contribution in [1.29, 1.82) is 0 Å². The van der Waals surface area contributed by atoms with Gasteiger partial charge in [-0.3, -0.25) is 4.79 Å². The van der Waals surface area contributed by atoms with Crippen molar-refractivity contribution >= 4 is 39.2 Å². The number of carbonyl (C=O) groups excluding carboxylic acids is 1. The van der Waals surface area contributed by atoms with Crippen molar-refractivity contribution in [1.82, 2.24) is 14.9 Å². The van der Waals surface area contributed by atoms with E-state index < -0.39 is 0 Å². The molecule has 1 aliphatic heterocycles. The second-order valence-corrected chi connectivity index (χ2v) is 6.61. The van der Waals surface area contributed by atoms with E-state index in [9.17, 15) is 4.79 Å². The molecule has 21 heavy (non-hydrogen) atoms. The predicted molar refractivity (Wildman–Crippen MR) is 86.0 cm³/mol. The maximum atomic E-state index is 11.6. The maximum Gasteiger partial charge on any atom is 0.225 e. The molecule has 3 rings (SSSR count). The van der Waals surface area contributed by atoms with Crippen molar-refractivity contribution in [2.24, 2.45) is 0 Å². The van der Waals surface area contributed by atoms with Gasteiger partial charge >= 0.3 is 0 Å². The van der Waals surface area contributed by atoms with Crippen LogP contribution in [0.25, 0.3) is 10.2 Å². The van der Waals surface area contributed by atoms with Gasteiger partial charge in [-0.1, -0.05) is 0 Å². The van der Waals surface area contributed by atoms with E-state index >= 15 is 0 Å². The molecule has 3 heterocycles. The van der Waals surface area contributed by atoms with Crippen LogP contribution in [0.1, 0.15) is 17.7 Å². The number of likely N-dealkylation sites (tertiary alicyclic amines) is 1. The number of hydrogen-bond donors (Lipinski definition) is 2. The Labute approximate surface area is 127 Å². The highest BCUT2D eigenvalue weighted by atomic mass is 32.1. The fourth-order valence-electron chi connectivity index (χ4n) is 2.59. The van der Waals surface area contributed by atoms with Crippen LogP contribution in [0.15, 0.2) is 6.07 Å². The van der Waals surface area contributed by atoms with Crippen molar-refractivity contribution in [2.45, 2.75) is 25.8 Å². The van der Waals surface area contributed by atoms with E-state index in [1.165, 1.54) is 4.88 Å². The van der Waals surface area contributed by atoms with Crippen molar-refractivity contribution in [2.75, 3.05) is 31.3 Å². The molecule has 2 aromatic heterocycles. The summed E-state index contributed by atoms with van der Waals surface area (Å²) in [5, 5.41) is 7.54. The van der Waals surface area contributed by atoms with Crippen LogP contribution in [0.5, 0.6) is 0 Å². The lowest BCUT2D eigenvalue weighted by atomic mass is 10.1. The lowest BCUT2D eigenvalue weighted by molar-refractivity contribution is -0.132. The molecule has 0 aliphatic carbocycles. The molecule has 1 atom stereocenters. The largest absolute Gasteiger partial charge is 0.365 e. The third-order valence-electron chi connectivity index (χ3n) is 3.71. The molecule has 2 aromatic rings. The number of amides is 1. The zero-order valence-corrected chi connectivity index (χ0v) is 13.3.